The quantitative estimate of drug-likeness (QED) is 0.836. The molecule has 5 heteroatoms. The van der Waals surface area contributed by atoms with Gasteiger partial charge in [0.1, 0.15) is 11.4 Å². The summed E-state index contributed by atoms with van der Waals surface area (Å²) in [5.41, 5.74) is 0.598. The molecule has 0 fully saturated rings. The van der Waals surface area contributed by atoms with Crippen LogP contribution in [0.2, 0.25) is 0 Å². The van der Waals surface area contributed by atoms with Gasteiger partial charge in [0.05, 0.1) is 0 Å². The number of nitrogens with zero attached hydrogens (tertiary/aromatic N) is 2. The van der Waals surface area contributed by atoms with Crippen LogP contribution in [0.15, 0.2) is 35.1 Å². The van der Waals surface area contributed by atoms with Gasteiger partial charge < -0.3 is 10.3 Å². The van der Waals surface area contributed by atoms with E-state index in [1.54, 1.807) is 0 Å². The molecule has 2 rings (SSSR count). The molecule has 5 nitrogen and oxygen atoms in total. The van der Waals surface area contributed by atoms with Crippen LogP contribution in [0, 0.1) is 5.92 Å². The molecule has 2 aromatic rings. The summed E-state index contributed by atoms with van der Waals surface area (Å²) in [7, 11) is 0. The van der Waals surface area contributed by atoms with E-state index in [0.29, 0.717) is 11.2 Å². The number of hydrogen-bond acceptors (Lipinski definition) is 4. The van der Waals surface area contributed by atoms with Crippen LogP contribution in [-0.4, -0.2) is 20.0 Å². The molecule has 0 spiro atoms. The lowest BCUT2D eigenvalue weighted by molar-refractivity contribution is 0.155. The van der Waals surface area contributed by atoms with E-state index in [1.165, 1.54) is 0 Å². The zero-order chi connectivity index (χ0) is 14.7. The van der Waals surface area contributed by atoms with Crippen molar-refractivity contribution in [2.45, 2.75) is 26.7 Å². The zero-order valence-electron chi connectivity index (χ0n) is 11.6. The fourth-order valence-corrected chi connectivity index (χ4v) is 2.05. The van der Waals surface area contributed by atoms with Gasteiger partial charge in [-0.3, -0.25) is 4.79 Å². The van der Waals surface area contributed by atoms with Gasteiger partial charge in [-0.1, -0.05) is 44.2 Å². The minimum atomic E-state index is -0.581. The Labute approximate surface area is 117 Å². The Balaban J connectivity index is 2.39. The molecule has 1 heterocycles. The third-order valence-electron chi connectivity index (χ3n) is 3.01. The van der Waals surface area contributed by atoms with Crippen LogP contribution in [0.25, 0.3) is 0 Å². The highest BCUT2D eigenvalue weighted by Crippen LogP contribution is 2.16. The van der Waals surface area contributed by atoms with Gasteiger partial charge in [0.25, 0.3) is 0 Å². The number of rotatable bonds is 4. The topological polar surface area (TPSA) is 75.4 Å². The Morgan fingerprint density at radius 1 is 1.25 bits per heavy atom. The van der Waals surface area contributed by atoms with Crippen LogP contribution in [0.3, 0.4) is 0 Å². The second kappa shape index (κ2) is 5.77. The normalized spacial score (nSPS) is 10.9. The lowest BCUT2D eigenvalue weighted by Crippen LogP contribution is -2.27. The summed E-state index contributed by atoms with van der Waals surface area (Å²) < 4.78 is 0.514. The molecule has 0 atom stereocenters. The summed E-state index contributed by atoms with van der Waals surface area (Å²) in [5.74, 6) is -0.0906. The van der Waals surface area contributed by atoms with Crippen molar-refractivity contribution in [2.75, 3.05) is 0 Å². The lowest BCUT2D eigenvalue weighted by atomic mass is 10.1. The molecule has 0 aliphatic carbocycles. The summed E-state index contributed by atoms with van der Waals surface area (Å²) in [6, 6.07) is 9.33. The Morgan fingerprint density at radius 3 is 2.50 bits per heavy atom. The van der Waals surface area contributed by atoms with E-state index in [-0.39, 0.29) is 29.6 Å². The molecule has 0 saturated heterocycles. The fraction of sp³-hybridized carbons (Fsp3) is 0.333. The van der Waals surface area contributed by atoms with E-state index >= 15 is 0 Å². The van der Waals surface area contributed by atoms with E-state index in [1.807, 2.05) is 44.2 Å². The molecule has 106 valence electrons. The van der Waals surface area contributed by atoms with Crippen molar-refractivity contribution >= 4 is 0 Å². The van der Waals surface area contributed by atoms with E-state index in [4.69, 9.17) is 0 Å². The molecule has 0 amide bonds. The van der Waals surface area contributed by atoms with Crippen molar-refractivity contribution < 1.29 is 10.3 Å². The SMILES string of the molecule is CC(C)Cc1c(O)nc(Cc2ccccc2)c(=O)n1O. The minimum Gasteiger partial charge on any atom is -0.492 e. The second-order valence-electron chi connectivity index (χ2n) is 5.21. The number of aromatic hydroxyl groups is 1. The van der Waals surface area contributed by atoms with Gasteiger partial charge in [-0.25, -0.2) is 4.98 Å². The molecule has 2 N–H and O–H groups in total. The van der Waals surface area contributed by atoms with E-state index in [0.717, 1.165) is 5.56 Å². The van der Waals surface area contributed by atoms with Gasteiger partial charge in [-0.05, 0) is 17.9 Å². The van der Waals surface area contributed by atoms with E-state index in [9.17, 15) is 15.1 Å². The van der Waals surface area contributed by atoms with E-state index < -0.39 is 5.56 Å². The first-order valence-electron chi connectivity index (χ1n) is 6.56. The minimum absolute atomic E-state index is 0.128. The van der Waals surface area contributed by atoms with Crippen LogP contribution >= 0.6 is 0 Å². The number of hydrogen-bond donors (Lipinski definition) is 2. The summed E-state index contributed by atoms with van der Waals surface area (Å²) >= 11 is 0. The largest absolute Gasteiger partial charge is 0.492 e. The van der Waals surface area contributed by atoms with Crippen molar-refractivity contribution in [3.05, 3.63) is 57.6 Å². The Morgan fingerprint density at radius 2 is 1.90 bits per heavy atom. The van der Waals surface area contributed by atoms with Crippen molar-refractivity contribution in [3.8, 4) is 5.88 Å². The van der Waals surface area contributed by atoms with Crippen LogP contribution in [0.1, 0.15) is 30.8 Å². The van der Waals surface area contributed by atoms with Gasteiger partial charge in [0, 0.05) is 6.42 Å². The van der Waals surface area contributed by atoms with Crippen molar-refractivity contribution in [3.63, 3.8) is 0 Å². The maximum atomic E-state index is 12.1. The monoisotopic (exact) mass is 274 g/mol. The van der Waals surface area contributed by atoms with Gasteiger partial charge in [0.2, 0.25) is 5.88 Å². The summed E-state index contributed by atoms with van der Waals surface area (Å²) in [5, 5.41) is 19.8. The van der Waals surface area contributed by atoms with Gasteiger partial charge >= 0.3 is 5.56 Å². The standard InChI is InChI=1S/C15H18N2O3/c1-10(2)8-13-14(18)16-12(15(19)17(13)20)9-11-6-4-3-5-7-11/h3-7,10,18,20H,8-9H2,1-2H3. The first kappa shape index (κ1) is 14.1. The smallest absolute Gasteiger partial charge is 0.305 e. The molecular weight excluding hydrogens is 256 g/mol. The average Bonchev–Trinajstić information content (AvgIpc) is 2.42. The predicted octanol–water partition coefficient (Wildman–Crippen LogP) is 1.98. The van der Waals surface area contributed by atoms with E-state index in [2.05, 4.69) is 4.98 Å². The van der Waals surface area contributed by atoms with Crippen molar-refractivity contribution in [2.24, 2.45) is 5.92 Å². The Bertz CT molecular complexity index is 648. The van der Waals surface area contributed by atoms with Crippen LogP contribution in [0.5, 0.6) is 5.88 Å². The third-order valence-corrected chi connectivity index (χ3v) is 3.01. The zero-order valence-corrected chi connectivity index (χ0v) is 11.6. The Kier molecular flexibility index (Phi) is 4.08. The Hall–Kier alpha value is -2.30. The molecule has 0 saturated carbocycles. The third kappa shape index (κ3) is 2.99. The number of aromatic nitrogens is 2. The molecule has 0 unspecified atom stereocenters. The first-order chi connectivity index (χ1) is 9.49. The lowest BCUT2D eigenvalue weighted by Gasteiger charge is -2.11. The molecule has 20 heavy (non-hydrogen) atoms. The van der Waals surface area contributed by atoms with Gasteiger partial charge in [-0.15, -0.1) is 4.73 Å². The highest BCUT2D eigenvalue weighted by atomic mass is 16.5. The summed E-state index contributed by atoms with van der Waals surface area (Å²) in [6.07, 6.45) is 0.659. The molecule has 0 aliphatic heterocycles. The molecule has 1 aromatic carbocycles. The summed E-state index contributed by atoms with van der Waals surface area (Å²) in [6.45, 7) is 3.86. The fourth-order valence-electron chi connectivity index (χ4n) is 2.05. The molecular formula is C15H18N2O3. The average molecular weight is 274 g/mol. The summed E-state index contributed by atoms with van der Waals surface area (Å²) in [4.78, 5) is 16.0. The maximum absolute atomic E-state index is 12.1. The highest BCUT2D eigenvalue weighted by molar-refractivity contribution is 5.25. The van der Waals surface area contributed by atoms with Crippen LogP contribution < -0.4 is 5.56 Å². The first-order valence-corrected chi connectivity index (χ1v) is 6.56. The predicted molar refractivity (Wildman–Crippen MR) is 75.1 cm³/mol. The van der Waals surface area contributed by atoms with Crippen molar-refractivity contribution in [1.82, 2.24) is 9.71 Å². The van der Waals surface area contributed by atoms with Crippen molar-refractivity contribution in [1.29, 1.82) is 0 Å². The second-order valence-corrected chi connectivity index (χ2v) is 5.21. The molecule has 0 aliphatic rings. The molecule has 0 bridgehead atoms. The molecule has 0 radical (unpaired) electrons. The number of benzene rings is 1. The maximum Gasteiger partial charge on any atom is 0.305 e. The highest BCUT2D eigenvalue weighted by Gasteiger charge is 2.16. The molecule has 1 aromatic heterocycles. The van der Waals surface area contributed by atoms with Gasteiger partial charge in [-0.2, -0.15) is 0 Å². The van der Waals surface area contributed by atoms with Gasteiger partial charge in [0.15, 0.2) is 0 Å². The van der Waals surface area contributed by atoms with Crippen LogP contribution in [0.4, 0.5) is 0 Å². The van der Waals surface area contributed by atoms with Crippen LogP contribution in [-0.2, 0) is 12.8 Å².